The maximum absolute atomic E-state index is 12.5. The minimum atomic E-state index is -0.702. The number of unbranched alkanes of at least 4 members (excludes halogenated alkanes) is 2. The van der Waals surface area contributed by atoms with Gasteiger partial charge in [0.1, 0.15) is 11.1 Å². The SMILES string of the molecule is CCCCC1(C(=O)OC)CCC(CCCC)(C(=O)OC)N1C. The van der Waals surface area contributed by atoms with E-state index in [-0.39, 0.29) is 11.9 Å². The third-order valence-electron chi connectivity index (χ3n) is 5.25. The van der Waals surface area contributed by atoms with Crippen molar-refractivity contribution in [3.05, 3.63) is 0 Å². The first-order chi connectivity index (χ1) is 10.4. The zero-order chi connectivity index (χ0) is 16.8. The van der Waals surface area contributed by atoms with Crippen molar-refractivity contribution >= 4 is 11.9 Å². The number of rotatable bonds is 8. The molecule has 0 radical (unpaired) electrons. The summed E-state index contributed by atoms with van der Waals surface area (Å²) >= 11 is 0. The monoisotopic (exact) mass is 313 g/mol. The molecule has 1 heterocycles. The molecule has 0 spiro atoms. The molecular weight excluding hydrogens is 282 g/mol. The molecule has 0 saturated carbocycles. The highest BCUT2D eigenvalue weighted by Gasteiger charge is 2.60. The van der Waals surface area contributed by atoms with E-state index in [1.165, 1.54) is 14.2 Å². The second-order valence-electron chi connectivity index (χ2n) is 6.31. The minimum Gasteiger partial charge on any atom is -0.468 e. The van der Waals surface area contributed by atoms with Crippen LogP contribution in [0.3, 0.4) is 0 Å². The molecule has 0 N–H and O–H groups in total. The number of ether oxygens (including phenoxy) is 2. The second kappa shape index (κ2) is 7.95. The van der Waals surface area contributed by atoms with Crippen molar-refractivity contribution in [1.82, 2.24) is 4.90 Å². The lowest BCUT2D eigenvalue weighted by Gasteiger charge is -2.41. The molecule has 2 unspecified atom stereocenters. The highest BCUT2D eigenvalue weighted by atomic mass is 16.5. The molecule has 1 aliphatic heterocycles. The first-order valence-corrected chi connectivity index (χ1v) is 8.36. The molecule has 22 heavy (non-hydrogen) atoms. The summed E-state index contributed by atoms with van der Waals surface area (Å²) in [4.78, 5) is 27.0. The lowest BCUT2D eigenvalue weighted by molar-refractivity contribution is -0.163. The van der Waals surface area contributed by atoms with Gasteiger partial charge in [0.05, 0.1) is 14.2 Å². The van der Waals surface area contributed by atoms with E-state index in [9.17, 15) is 9.59 Å². The fourth-order valence-electron chi connectivity index (χ4n) is 3.74. The number of carbonyl (C=O) groups excluding carboxylic acids is 2. The van der Waals surface area contributed by atoms with Gasteiger partial charge >= 0.3 is 11.9 Å². The third-order valence-corrected chi connectivity index (χ3v) is 5.25. The Morgan fingerprint density at radius 2 is 1.27 bits per heavy atom. The van der Waals surface area contributed by atoms with Gasteiger partial charge in [-0.2, -0.15) is 0 Å². The lowest BCUT2D eigenvalue weighted by Crippen LogP contribution is -2.59. The van der Waals surface area contributed by atoms with Crippen LogP contribution in [-0.4, -0.2) is 49.2 Å². The predicted octanol–water partition coefficient (Wildman–Crippen LogP) is 2.92. The van der Waals surface area contributed by atoms with E-state index in [1.807, 2.05) is 11.9 Å². The Hall–Kier alpha value is -1.10. The summed E-state index contributed by atoms with van der Waals surface area (Å²) < 4.78 is 10.2. The first kappa shape index (κ1) is 18.9. The van der Waals surface area contributed by atoms with Crippen LogP contribution in [0.2, 0.25) is 0 Å². The van der Waals surface area contributed by atoms with Crippen LogP contribution in [0, 0.1) is 0 Å². The van der Waals surface area contributed by atoms with E-state index < -0.39 is 11.1 Å². The number of esters is 2. The van der Waals surface area contributed by atoms with Crippen molar-refractivity contribution in [2.75, 3.05) is 21.3 Å². The quantitative estimate of drug-likeness (QED) is 0.645. The van der Waals surface area contributed by atoms with Crippen LogP contribution in [0.25, 0.3) is 0 Å². The Morgan fingerprint density at radius 3 is 1.55 bits per heavy atom. The predicted molar refractivity (Wildman–Crippen MR) is 85.5 cm³/mol. The Morgan fingerprint density at radius 1 is 0.909 bits per heavy atom. The van der Waals surface area contributed by atoms with Crippen LogP contribution in [0.1, 0.15) is 65.2 Å². The molecule has 0 aliphatic carbocycles. The molecule has 2 atom stereocenters. The van der Waals surface area contributed by atoms with Gasteiger partial charge in [-0.05, 0) is 32.7 Å². The summed E-state index contributed by atoms with van der Waals surface area (Å²) in [5.74, 6) is -0.462. The Bertz CT molecular complexity index is 362. The molecule has 128 valence electrons. The summed E-state index contributed by atoms with van der Waals surface area (Å²) in [6.45, 7) is 4.20. The van der Waals surface area contributed by atoms with Crippen LogP contribution in [0.4, 0.5) is 0 Å². The second-order valence-corrected chi connectivity index (χ2v) is 6.31. The molecule has 0 aromatic rings. The lowest BCUT2D eigenvalue weighted by atomic mass is 9.89. The smallest absolute Gasteiger partial charge is 0.326 e. The van der Waals surface area contributed by atoms with Crippen molar-refractivity contribution in [3.8, 4) is 0 Å². The number of hydrogen-bond donors (Lipinski definition) is 0. The van der Waals surface area contributed by atoms with Crippen LogP contribution < -0.4 is 0 Å². The summed E-state index contributed by atoms with van der Waals surface area (Å²) in [6.07, 6.45) is 6.62. The minimum absolute atomic E-state index is 0.231. The van der Waals surface area contributed by atoms with Crippen LogP contribution in [-0.2, 0) is 19.1 Å². The Labute approximate surface area is 134 Å². The molecular formula is C17H31NO4. The van der Waals surface area contributed by atoms with Crippen LogP contribution >= 0.6 is 0 Å². The van der Waals surface area contributed by atoms with Gasteiger partial charge in [-0.15, -0.1) is 0 Å². The normalized spacial score (nSPS) is 28.6. The van der Waals surface area contributed by atoms with E-state index in [0.29, 0.717) is 12.8 Å². The molecule has 1 aliphatic rings. The van der Waals surface area contributed by atoms with Crippen LogP contribution in [0.5, 0.6) is 0 Å². The fraction of sp³-hybridized carbons (Fsp3) is 0.882. The maximum atomic E-state index is 12.5. The maximum Gasteiger partial charge on any atom is 0.326 e. The molecule has 0 aromatic heterocycles. The fourth-order valence-corrected chi connectivity index (χ4v) is 3.74. The van der Waals surface area contributed by atoms with Gasteiger partial charge in [0.2, 0.25) is 0 Å². The van der Waals surface area contributed by atoms with Crippen molar-refractivity contribution in [2.24, 2.45) is 0 Å². The number of carbonyl (C=O) groups is 2. The van der Waals surface area contributed by atoms with E-state index in [1.54, 1.807) is 0 Å². The molecule has 5 nitrogen and oxygen atoms in total. The zero-order valence-corrected chi connectivity index (χ0v) is 14.7. The number of nitrogens with zero attached hydrogens (tertiary/aromatic N) is 1. The van der Waals surface area contributed by atoms with Gasteiger partial charge < -0.3 is 9.47 Å². The highest BCUT2D eigenvalue weighted by Crippen LogP contribution is 2.46. The topological polar surface area (TPSA) is 55.8 Å². The molecule has 0 bridgehead atoms. The van der Waals surface area contributed by atoms with Gasteiger partial charge in [-0.1, -0.05) is 39.5 Å². The summed E-state index contributed by atoms with van der Waals surface area (Å²) in [7, 11) is 4.73. The van der Waals surface area contributed by atoms with Gasteiger partial charge in [-0.3, -0.25) is 14.5 Å². The summed E-state index contributed by atoms with van der Waals surface area (Å²) in [5, 5.41) is 0. The summed E-state index contributed by atoms with van der Waals surface area (Å²) in [5.41, 5.74) is -1.40. The van der Waals surface area contributed by atoms with E-state index in [0.717, 1.165) is 38.5 Å². The zero-order valence-electron chi connectivity index (χ0n) is 14.7. The average Bonchev–Trinajstić information content (AvgIpc) is 2.84. The third kappa shape index (κ3) is 3.14. The molecule has 1 saturated heterocycles. The van der Waals surface area contributed by atoms with Gasteiger partial charge in [0.25, 0.3) is 0 Å². The van der Waals surface area contributed by atoms with Crippen molar-refractivity contribution < 1.29 is 19.1 Å². The van der Waals surface area contributed by atoms with Gasteiger partial charge in [0, 0.05) is 0 Å². The molecule has 1 rings (SSSR count). The largest absolute Gasteiger partial charge is 0.468 e. The highest BCUT2D eigenvalue weighted by molar-refractivity contribution is 5.87. The van der Waals surface area contributed by atoms with Crippen molar-refractivity contribution in [3.63, 3.8) is 0 Å². The summed E-state index contributed by atoms with van der Waals surface area (Å²) in [6, 6.07) is 0. The molecule has 0 amide bonds. The average molecular weight is 313 g/mol. The van der Waals surface area contributed by atoms with Crippen LogP contribution in [0.15, 0.2) is 0 Å². The van der Waals surface area contributed by atoms with Crippen molar-refractivity contribution in [1.29, 1.82) is 0 Å². The first-order valence-electron chi connectivity index (χ1n) is 8.36. The van der Waals surface area contributed by atoms with E-state index in [4.69, 9.17) is 9.47 Å². The number of likely N-dealkylation sites (tertiary alicyclic amines) is 1. The van der Waals surface area contributed by atoms with Crippen molar-refractivity contribution in [2.45, 2.75) is 76.3 Å². The Kier molecular flexibility index (Phi) is 6.85. The van der Waals surface area contributed by atoms with Gasteiger partial charge in [0.15, 0.2) is 0 Å². The molecule has 1 fully saturated rings. The van der Waals surface area contributed by atoms with E-state index >= 15 is 0 Å². The number of likely N-dealkylation sites (N-methyl/N-ethyl adjacent to an activating group) is 1. The number of methoxy groups -OCH3 is 2. The standard InChI is InChI=1S/C17H31NO4/c1-6-8-10-16(14(19)21-4)12-13-17(18(16)3,11-9-7-2)15(20)22-5/h6-13H2,1-5H3. The molecule has 0 aromatic carbocycles. The van der Waals surface area contributed by atoms with E-state index in [2.05, 4.69) is 13.8 Å². The van der Waals surface area contributed by atoms with Gasteiger partial charge in [-0.25, -0.2) is 0 Å². The Balaban J connectivity index is 3.18. The number of hydrogen-bond acceptors (Lipinski definition) is 5. The molecule has 5 heteroatoms.